The lowest BCUT2D eigenvalue weighted by atomic mass is 10.1. The Morgan fingerprint density at radius 1 is 1.36 bits per heavy atom. The lowest BCUT2D eigenvalue weighted by molar-refractivity contribution is -0.114. The van der Waals surface area contributed by atoms with Crippen LogP contribution in [0.4, 0.5) is 0 Å². The Morgan fingerprint density at radius 3 is 2.77 bits per heavy atom. The van der Waals surface area contributed by atoms with Gasteiger partial charge < -0.3 is 9.57 Å². The molecular weight excluding hydrogens is 282 g/mol. The van der Waals surface area contributed by atoms with Gasteiger partial charge in [-0.1, -0.05) is 12.1 Å². The van der Waals surface area contributed by atoms with E-state index in [1.54, 1.807) is 19.1 Å². The van der Waals surface area contributed by atoms with Gasteiger partial charge in [-0.15, -0.1) is 5.06 Å². The van der Waals surface area contributed by atoms with E-state index in [1.807, 2.05) is 31.2 Å². The lowest BCUT2D eigenvalue weighted by Gasteiger charge is -2.22. The smallest absolute Gasteiger partial charge is 0.282 e. The molecule has 0 unspecified atom stereocenters. The molecule has 22 heavy (non-hydrogen) atoms. The van der Waals surface area contributed by atoms with Gasteiger partial charge >= 0.3 is 0 Å². The molecule has 1 aromatic carbocycles. The Kier molecular flexibility index (Phi) is 3.50. The molecule has 0 spiro atoms. The van der Waals surface area contributed by atoms with Gasteiger partial charge in [0.05, 0.1) is 12.2 Å². The summed E-state index contributed by atoms with van der Waals surface area (Å²) in [7, 11) is 0. The van der Waals surface area contributed by atoms with Crippen LogP contribution in [0.3, 0.4) is 0 Å². The minimum absolute atomic E-state index is 0.0167. The van der Waals surface area contributed by atoms with Gasteiger partial charge in [0.1, 0.15) is 11.5 Å². The Morgan fingerprint density at radius 2 is 2.09 bits per heavy atom. The minimum Gasteiger partial charge on any atom is -0.494 e. The van der Waals surface area contributed by atoms with E-state index >= 15 is 0 Å². The van der Waals surface area contributed by atoms with E-state index < -0.39 is 5.91 Å². The highest BCUT2D eigenvalue weighted by atomic mass is 16.7. The number of carbonyl (C=O) groups excluding carboxylic acids is 1. The number of nitrogens with zero attached hydrogens (tertiary/aromatic N) is 2. The predicted octanol–water partition coefficient (Wildman–Crippen LogP) is 2.54. The fraction of sp³-hybridized carbons (Fsp3) is 0.188. The summed E-state index contributed by atoms with van der Waals surface area (Å²) in [4.78, 5) is 21.4. The summed E-state index contributed by atoms with van der Waals surface area (Å²) in [5.41, 5.74) is 0.982. The van der Waals surface area contributed by atoms with Gasteiger partial charge in [0, 0.05) is 6.08 Å². The summed E-state index contributed by atoms with van der Waals surface area (Å²) in [6.45, 7) is 4.26. The predicted molar refractivity (Wildman–Crippen MR) is 82.4 cm³/mol. The second-order valence-electron chi connectivity index (χ2n) is 4.82. The summed E-state index contributed by atoms with van der Waals surface area (Å²) in [6, 6.07) is 7.29. The summed E-state index contributed by atoms with van der Waals surface area (Å²) < 4.78 is 5.37. The fourth-order valence-electron chi connectivity index (χ4n) is 2.19. The minimum atomic E-state index is -0.445. The van der Waals surface area contributed by atoms with E-state index in [4.69, 9.17) is 15.0 Å². The summed E-state index contributed by atoms with van der Waals surface area (Å²) in [5, 5.41) is 9.37. The third-order valence-electron chi connectivity index (χ3n) is 3.18. The number of nitrogens with one attached hydrogen (secondary N) is 1. The van der Waals surface area contributed by atoms with Crippen molar-refractivity contribution in [3.05, 3.63) is 47.2 Å². The molecule has 1 N–H and O–H groups in total. The number of carbonyl (C=O) groups is 1. The van der Waals surface area contributed by atoms with Crippen molar-refractivity contribution in [3.8, 4) is 5.75 Å². The molecule has 0 atom stereocenters. The van der Waals surface area contributed by atoms with Gasteiger partial charge in [0.15, 0.2) is 11.7 Å². The van der Waals surface area contributed by atoms with Crippen LogP contribution in [0.2, 0.25) is 0 Å². The number of benzene rings is 1. The van der Waals surface area contributed by atoms with Crippen molar-refractivity contribution in [3.63, 3.8) is 0 Å². The molecule has 2 aliphatic rings. The van der Waals surface area contributed by atoms with Crippen molar-refractivity contribution >= 4 is 23.7 Å². The molecule has 6 heteroatoms. The molecule has 2 heterocycles. The topological polar surface area (TPSA) is 75.0 Å². The second kappa shape index (κ2) is 5.48. The Bertz CT molecular complexity index is 730. The number of hydrogen-bond acceptors (Lipinski definition) is 4. The van der Waals surface area contributed by atoms with Crippen molar-refractivity contribution in [2.24, 2.45) is 4.99 Å². The van der Waals surface area contributed by atoms with E-state index in [0.29, 0.717) is 18.2 Å². The quantitative estimate of drug-likeness (QED) is 0.870. The number of amides is 1. The van der Waals surface area contributed by atoms with Crippen LogP contribution in [0.15, 0.2) is 46.7 Å². The number of hydroxylamine groups is 2. The molecule has 6 nitrogen and oxygen atoms in total. The molecule has 0 radical (unpaired) electrons. The van der Waals surface area contributed by atoms with Crippen LogP contribution >= 0.6 is 0 Å². The van der Waals surface area contributed by atoms with Crippen LogP contribution in [-0.2, 0) is 9.63 Å². The zero-order valence-corrected chi connectivity index (χ0v) is 12.3. The first kappa shape index (κ1) is 14.1. The first-order valence-electron chi connectivity index (χ1n) is 6.91. The highest BCUT2D eigenvalue weighted by Gasteiger charge is 2.34. The summed E-state index contributed by atoms with van der Waals surface area (Å²) in [5.74, 6) is 1.24. The van der Waals surface area contributed by atoms with Crippen LogP contribution in [0.25, 0.3) is 6.08 Å². The number of fused-ring (bicyclic) bond motifs is 1. The summed E-state index contributed by atoms with van der Waals surface area (Å²) in [6.07, 6.45) is 3.25. The maximum atomic E-state index is 12.1. The van der Waals surface area contributed by atoms with E-state index in [0.717, 1.165) is 11.3 Å². The normalized spacial score (nSPS) is 18.8. The van der Waals surface area contributed by atoms with Gasteiger partial charge in [0.25, 0.3) is 5.91 Å². The Balaban J connectivity index is 1.89. The highest BCUT2D eigenvalue weighted by molar-refractivity contribution is 6.32. The average molecular weight is 297 g/mol. The first-order chi connectivity index (χ1) is 10.6. The maximum Gasteiger partial charge on any atom is 0.282 e. The molecule has 0 fully saturated rings. The zero-order valence-electron chi connectivity index (χ0n) is 12.3. The third-order valence-corrected chi connectivity index (χ3v) is 3.18. The van der Waals surface area contributed by atoms with Crippen molar-refractivity contribution in [2.75, 3.05) is 6.61 Å². The third kappa shape index (κ3) is 2.50. The molecule has 3 rings (SSSR count). The second-order valence-corrected chi connectivity index (χ2v) is 4.82. The Hall–Kier alpha value is -2.89. The van der Waals surface area contributed by atoms with Crippen LogP contribution < -0.4 is 4.74 Å². The number of ether oxygens (including phenoxy) is 1. The van der Waals surface area contributed by atoms with E-state index in [1.165, 1.54) is 5.06 Å². The first-order valence-corrected chi connectivity index (χ1v) is 6.91. The highest BCUT2D eigenvalue weighted by Crippen LogP contribution is 2.24. The van der Waals surface area contributed by atoms with Gasteiger partial charge in [-0.3, -0.25) is 10.2 Å². The standard InChI is InChI=1S/C16H15N3O3/c1-3-21-12-6-4-11(5-7-12)9-13-15(17)19-14(18-16(13)20)8-10(2)22-19/h4-9,17H,3H2,1-2H3/b13-9-,17-15?. The van der Waals surface area contributed by atoms with E-state index in [9.17, 15) is 4.79 Å². The van der Waals surface area contributed by atoms with Crippen molar-refractivity contribution in [1.29, 1.82) is 5.41 Å². The van der Waals surface area contributed by atoms with Crippen molar-refractivity contribution in [1.82, 2.24) is 5.06 Å². The molecule has 0 saturated heterocycles. The number of aliphatic imine (C=N–C) groups is 1. The van der Waals surface area contributed by atoms with Crippen molar-refractivity contribution < 1.29 is 14.4 Å². The number of allylic oxidation sites excluding steroid dienone is 1. The molecular formula is C16H15N3O3. The van der Waals surface area contributed by atoms with Gasteiger partial charge in [-0.25, -0.2) is 0 Å². The number of amidine groups is 2. The molecule has 112 valence electrons. The number of rotatable bonds is 3. The Labute approximate surface area is 127 Å². The monoisotopic (exact) mass is 297 g/mol. The van der Waals surface area contributed by atoms with E-state index in [2.05, 4.69) is 4.99 Å². The maximum absolute atomic E-state index is 12.1. The van der Waals surface area contributed by atoms with Crippen LogP contribution in [-0.4, -0.2) is 29.2 Å². The van der Waals surface area contributed by atoms with Crippen LogP contribution in [0.1, 0.15) is 19.4 Å². The van der Waals surface area contributed by atoms with Crippen LogP contribution in [0.5, 0.6) is 5.75 Å². The lowest BCUT2D eigenvalue weighted by Crippen LogP contribution is -2.38. The van der Waals surface area contributed by atoms with Crippen LogP contribution in [0, 0.1) is 5.41 Å². The molecule has 0 aromatic heterocycles. The molecule has 1 aromatic rings. The molecule has 0 aliphatic carbocycles. The molecule has 2 aliphatic heterocycles. The molecule has 0 bridgehead atoms. The zero-order chi connectivity index (χ0) is 15.7. The van der Waals surface area contributed by atoms with Gasteiger partial charge in [0.2, 0.25) is 0 Å². The molecule has 0 saturated carbocycles. The van der Waals surface area contributed by atoms with Crippen molar-refractivity contribution in [2.45, 2.75) is 13.8 Å². The molecule has 1 amide bonds. The average Bonchev–Trinajstić information content (AvgIpc) is 2.86. The van der Waals surface area contributed by atoms with Gasteiger partial charge in [-0.2, -0.15) is 4.99 Å². The fourth-order valence-corrected chi connectivity index (χ4v) is 2.19. The summed E-state index contributed by atoms with van der Waals surface area (Å²) >= 11 is 0. The number of hydrogen-bond donors (Lipinski definition) is 1. The van der Waals surface area contributed by atoms with Gasteiger partial charge in [-0.05, 0) is 37.6 Å². The largest absolute Gasteiger partial charge is 0.494 e. The SMILES string of the molecule is CCOc1ccc(/C=C2/C(=N)N3OC(C)=CC3=NC2=O)cc1. The van der Waals surface area contributed by atoms with E-state index in [-0.39, 0.29) is 11.4 Å².